The third-order valence-corrected chi connectivity index (χ3v) is 4.46. The number of rotatable bonds is 7. The lowest BCUT2D eigenvalue weighted by Gasteiger charge is -2.35. The Hall–Kier alpha value is -0.680. The van der Waals surface area contributed by atoms with Gasteiger partial charge in [-0.3, -0.25) is 4.79 Å². The van der Waals surface area contributed by atoms with Crippen molar-refractivity contribution in [2.24, 2.45) is 17.1 Å². The van der Waals surface area contributed by atoms with E-state index in [1.165, 1.54) is 0 Å². The van der Waals surface area contributed by atoms with Crippen LogP contribution in [0.25, 0.3) is 0 Å². The minimum Gasteiger partial charge on any atom is -0.396 e. The molecule has 0 radical (unpaired) electrons. The van der Waals surface area contributed by atoms with E-state index in [4.69, 9.17) is 18.0 Å². The average molecular weight is 286 g/mol. The summed E-state index contributed by atoms with van der Waals surface area (Å²) in [5.74, 6) is 0.274. The van der Waals surface area contributed by atoms with Crippen molar-refractivity contribution in [1.82, 2.24) is 4.90 Å². The Balaban J connectivity index is 2.90. The van der Waals surface area contributed by atoms with Crippen LogP contribution in [0.15, 0.2) is 0 Å². The standard InChI is InChI=1S/C14H26N2O2S/c1-3-6-14(7-4-2,12(15)19)13(18)16-8-5-11(9-16)10-17/h11,17H,3-10H2,1-2H3,(H2,15,19). The van der Waals surface area contributed by atoms with E-state index in [-0.39, 0.29) is 18.4 Å². The summed E-state index contributed by atoms with van der Waals surface area (Å²) in [6, 6.07) is 0. The Bertz CT molecular complexity index is 327. The molecule has 0 spiro atoms. The number of carbonyl (C=O) groups excluding carboxylic acids is 1. The summed E-state index contributed by atoms with van der Waals surface area (Å²) in [5, 5.41) is 9.20. The number of likely N-dealkylation sites (tertiary alicyclic amines) is 1. The summed E-state index contributed by atoms with van der Waals surface area (Å²) < 4.78 is 0. The van der Waals surface area contributed by atoms with E-state index in [9.17, 15) is 9.90 Å². The van der Waals surface area contributed by atoms with Crippen LogP contribution in [0, 0.1) is 11.3 Å². The monoisotopic (exact) mass is 286 g/mol. The maximum atomic E-state index is 12.8. The first-order valence-electron chi connectivity index (χ1n) is 7.22. The van der Waals surface area contributed by atoms with Crippen LogP contribution >= 0.6 is 12.2 Å². The first kappa shape index (κ1) is 16.4. The largest absolute Gasteiger partial charge is 0.396 e. The number of nitrogens with zero attached hydrogens (tertiary/aromatic N) is 1. The first-order chi connectivity index (χ1) is 9.01. The maximum Gasteiger partial charge on any atom is 0.235 e. The van der Waals surface area contributed by atoms with Gasteiger partial charge in [0, 0.05) is 25.6 Å². The summed E-state index contributed by atoms with van der Waals surface area (Å²) in [6.45, 7) is 5.59. The van der Waals surface area contributed by atoms with E-state index >= 15 is 0 Å². The molecule has 3 N–H and O–H groups in total. The molecule has 19 heavy (non-hydrogen) atoms. The Labute approximate surface area is 121 Å². The van der Waals surface area contributed by atoms with Gasteiger partial charge in [0.05, 0.1) is 10.4 Å². The van der Waals surface area contributed by atoms with Gasteiger partial charge in [-0.25, -0.2) is 0 Å². The molecule has 1 aliphatic heterocycles. The van der Waals surface area contributed by atoms with Crippen molar-refractivity contribution < 1.29 is 9.90 Å². The van der Waals surface area contributed by atoms with Crippen molar-refractivity contribution in [3.8, 4) is 0 Å². The SMILES string of the molecule is CCCC(CCC)(C(=O)N1CCC(CO)C1)C(N)=S. The highest BCUT2D eigenvalue weighted by Crippen LogP contribution is 2.34. The zero-order chi connectivity index (χ0) is 14.5. The highest BCUT2D eigenvalue weighted by Gasteiger charge is 2.44. The van der Waals surface area contributed by atoms with Gasteiger partial charge in [-0.15, -0.1) is 0 Å². The third kappa shape index (κ3) is 3.45. The Morgan fingerprint density at radius 2 is 2.00 bits per heavy atom. The van der Waals surface area contributed by atoms with E-state index in [2.05, 4.69) is 13.8 Å². The maximum absolute atomic E-state index is 12.8. The average Bonchev–Trinajstić information content (AvgIpc) is 2.85. The predicted molar refractivity (Wildman–Crippen MR) is 80.8 cm³/mol. The molecule has 1 aliphatic rings. The topological polar surface area (TPSA) is 66.6 Å². The molecule has 1 atom stereocenters. The van der Waals surface area contributed by atoms with Crippen LogP contribution in [0.3, 0.4) is 0 Å². The van der Waals surface area contributed by atoms with Crippen molar-refractivity contribution in [1.29, 1.82) is 0 Å². The first-order valence-corrected chi connectivity index (χ1v) is 7.62. The molecule has 0 aliphatic carbocycles. The van der Waals surface area contributed by atoms with Gasteiger partial charge >= 0.3 is 0 Å². The molecule has 4 nitrogen and oxygen atoms in total. The number of nitrogens with two attached hydrogens (primary N) is 1. The normalized spacial score (nSPS) is 19.7. The fraction of sp³-hybridized carbons (Fsp3) is 0.857. The molecule has 1 saturated heterocycles. The minimum atomic E-state index is -0.677. The third-order valence-electron chi connectivity index (χ3n) is 4.07. The highest BCUT2D eigenvalue weighted by molar-refractivity contribution is 7.80. The van der Waals surface area contributed by atoms with Gasteiger partial charge in [-0.05, 0) is 19.3 Å². The molecule has 110 valence electrons. The van der Waals surface area contributed by atoms with E-state index in [0.717, 1.165) is 32.1 Å². The molecule has 0 aromatic carbocycles. The van der Waals surface area contributed by atoms with Gasteiger partial charge in [0.2, 0.25) is 5.91 Å². The van der Waals surface area contributed by atoms with Crippen molar-refractivity contribution in [2.75, 3.05) is 19.7 Å². The van der Waals surface area contributed by atoms with E-state index < -0.39 is 5.41 Å². The van der Waals surface area contributed by atoms with E-state index in [0.29, 0.717) is 18.1 Å². The molecule has 5 heteroatoms. The number of amides is 1. The Kier molecular flexibility index (Phi) is 6.20. The second-order valence-electron chi connectivity index (χ2n) is 5.53. The predicted octanol–water partition coefficient (Wildman–Crippen LogP) is 1.70. The lowest BCUT2D eigenvalue weighted by atomic mass is 9.77. The van der Waals surface area contributed by atoms with E-state index in [1.807, 2.05) is 4.90 Å². The van der Waals surface area contributed by atoms with Crippen molar-refractivity contribution in [3.05, 3.63) is 0 Å². The lowest BCUT2D eigenvalue weighted by Crippen LogP contribution is -2.50. The summed E-state index contributed by atoms with van der Waals surface area (Å²) in [5.41, 5.74) is 5.24. The smallest absolute Gasteiger partial charge is 0.235 e. The molecule has 1 fully saturated rings. The van der Waals surface area contributed by atoms with Crippen LogP contribution < -0.4 is 5.73 Å². The second kappa shape index (κ2) is 7.20. The minimum absolute atomic E-state index is 0.0691. The van der Waals surface area contributed by atoms with Crippen molar-refractivity contribution in [2.45, 2.75) is 46.0 Å². The van der Waals surface area contributed by atoms with Gasteiger partial charge in [-0.1, -0.05) is 38.9 Å². The van der Waals surface area contributed by atoms with Crippen LogP contribution in [0.4, 0.5) is 0 Å². The quantitative estimate of drug-likeness (QED) is 0.699. The fourth-order valence-corrected chi connectivity index (χ4v) is 3.30. The number of hydrogen-bond donors (Lipinski definition) is 2. The molecule has 1 unspecified atom stereocenters. The van der Waals surface area contributed by atoms with Crippen LogP contribution in [0.2, 0.25) is 0 Å². The molecule has 1 heterocycles. The van der Waals surface area contributed by atoms with Crippen molar-refractivity contribution >= 4 is 23.1 Å². The van der Waals surface area contributed by atoms with Crippen LogP contribution in [-0.4, -0.2) is 40.6 Å². The van der Waals surface area contributed by atoms with Gasteiger partial charge in [0.25, 0.3) is 0 Å². The number of aliphatic hydroxyl groups excluding tert-OH is 1. The van der Waals surface area contributed by atoms with Gasteiger partial charge < -0.3 is 15.7 Å². The molecule has 1 amide bonds. The molecule has 0 aromatic rings. The lowest BCUT2D eigenvalue weighted by molar-refractivity contribution is -0.138. The molecular weight excluding hydrogens is 260 g/mol. The number of hydrogen-bond acceptors (Lipinski definition) is 3. The zero-order valence-corrected chi connectivity index (χ0v) is 12.8. The highest BCUT2D eigenvalue weighted by atomic mass is 32.1. The Morgan fingerprint density at radius 3 is 2.37 bits per heavy atom. The molecule has 0 aromatic heterocycles. The number of thiocarbonyl (C=S) groups is 1. The van der Waals surface area contributed by atoms with E-state index in [1.54, 1.807) is 0 Å². The van der Waals surface area contributed by atoms with Gasteiger partial charge in [0.15, 0.2) is 0 Å². The summed E-state index contributed by atoms with van der Waals surface area (Å²) >= 11 is 5.21. The second-order valence-corrected chi connectivity index (χ2v) is 5.97. The molecule has 0 saturated carbocycles. The summed E-state index contributed by atoms with van der Waals surface area (Å²) in [4.78, 5) is 15.0. The Morgan fingerprint density at radius 1 is 1.42 bits per heavy atom. The summed E-state index contributed by atoms with van der Waals surface area (Å²) in [6.07, 6.45) is 4.08. The zero-order valence-electron chi connectivity index (χ0n) is 12.0. The van der Waals surface area contributed by atoms with Gasteiger partial charge in [-0.2, -0.15) is 0 Å². The van der Waals surface area contributed by atoms with Crippen LogP contribution in [0.5, 0.6) is 0 Å². The number of aliphatic hydroxyl groups is 1. The van der Waals surface area contributed by atoms with Crippen LogP contribution in [0.1, 0.15) is 46.0 Å². The molecular formula is C14H26N2O2S. The number of carbonyl (C=O) groups is 1. The van der Waals surface area contributed by atoms with Gasteiger partial charge in [0.1, 0.15) is 0 Å². The molecule has 0 bridgehead atoms. The fourth-order valence-electron chi connectivity index (χ4n) is 3.01. The molecule has 1 rings (SSSR count). The van der Waals surface area contributed by atoms with Crippen LogP contribution in [-0.2, 0) is 4.79 Å². The van der Waals surface area contributed by atoms with Crippen molar-refractivity contribution in [3.63, 3.8) is 0 Å². The summed E-state index contributed by atoms with van der Waals surface area (Å²) in [7, 11) is 0.